The fraction of sp³-hybridized carbons (Fsp3) is 0.333. The minimum absolute atomic E-state index is 0.135. The second-order valence-electron chi connectivity index (χ2n) is 3.01. The standard InChI is InChI=1S/C9H10ClNO2/c10-6-1-2-8(12)9(3-6)13-7-4-11-5-7/h1-3,7,11-12H,4-5H2. The zero-order valence-electron chi connectivity index (χ0n) is 6.96. The Hall–Kier alpha value is -0.930. The van der Waals surface area contributed by atoms with E-state index in [0.717, 1.165) is 13.1 Å². The molecule has 0 amide bonds. The van der Waals surface area contributed by atoms with E-state index in [4.69, 9.17) is 16.3 Å². The molecule has 0 radical (unpaired) electrons. The van der Waals surface area contributed by atoms with Gasteiger partial charge in [0.25, 0.3) is 0 Å². The van der Waals surface area contributed by atoms with Crippen LogP contribution in [-0.4, -0.2) is 24.3 Å². The SMILES string of the molecule is Oc1ccc(Cl)cc1OC1CNC1. The van der Waals surface area contributed by atoms with E-state index in [2.05, 4.69) is 5.32 Å². The predicted molar refractivity (Wildman–Crippen MR) is 50.4 cm³/mol. The zero-order valence-corrected chi connectivity index (χ0v) is 7.71. The van der Waals surface area contributed by atoms with E-state index in [1.165, 1.54) is 6.07 Å². The first-order chi connectivity index (χ1) is 6.25. The van der Waals surface area contributed by atoms with Crippen LogP contribution < -0.4 is 10.1 Å². The maximum absolute atomic E-state index is 9.40. The summed E-state index contributed by atoms with van der Waals surface area (Å²) in [6, 6.07) is 4.78. The van der Waals surface area contributed by atoms with Gasteiger partial charge in [-0.05, 0) is 12.1 Å². The van der Waals surface area contributed by atoms with Gasteiger partial charge >= 0.3 is 0 Å². The van der Waals surface area contributed by atoms with Crippen molar-refractivity contribution in [3.8, 4) is 11.5 Å². The highest BCUT2D eigenvalue weighted by Crippen LogP contribution is 2.30. The quantitative estimate of drug-likeness (QED) is 0.757. The second-order valence-corrected chi connectivity index (χ2v) is 3.45. The molecular weight excluding hydrogens is 190 g/mol. The van der Waals surface area contributed by atoms with Crippen molar-refractivity contribution in [1.29, 1.82) is 0 Å². The van der Waals surface area contributed by atoms with Crippen molar-refractivity contribution < 1.29 is 9.84 Å². The number of halogens is 1. The van der Waals surface area contributed by atoms with Crippen LogP contribution in [0.1, 0.15) is 0 Å². The molecule has 2 rings (SSSR count). The number of hydrogen-bond acceptors (Lipinski definition) is 3. The molecule has 0 atom stereocenters. The molecule has 3 nitrogen and oxygen atoms in total. The molecule has 0 aliphatic carbocycles. The fourth-order valence-corrected chi connectivity index (χ4v) is 1.27. The number of nitrogens with one attached hydrogen (secondary N) is 1. The first-order valence-electron chi connectivity index (χ1n) is 4.11. The normalized spacial score (nSPS) is 16.7. The smallest absolute Gasteiger partial charge is 0.162 e. The molecule has 0 spiro atoms. The van der Waals surface area contributed by atoms with Crippen LogP contribution in [0, 0.1) is 0 Å². The summed E-state index contributed by atoms with van der Waals surface area (Å²) in [6.07, 6.45) is 0.157. The van der Waals surface area contributed by atoms with E-state index >= 15 is 0 Å². The Kier molecular flexibility index (Phi) is 2.29. The lowest BCUT2D eigenvalue weighted by Crippen LogP contribution is -2.50. The van der Waals surface area contributed by atoms with Crippen LogP contribution in [0.25, 0.3) is 0 Å². The van der Waals surface area contributed by atoms with Crippen molar-refractivity contribution in [2.24, 2.45) is 0 Å². The lowest BCUT2D eigenvalue weighted by molar-refractivity contribution is 0.137. The molecule has 70 valence electrons. The van der Waals surface area contributed by atoms with Gasteiger partial charge in [0.05, 0.1) is 0 Å². The van der Waals surface area contributed by atoms with Crippen LogP contribution in [0.3, 0.4) is 0 Å². The van der Waals surface area contributed by atoms with E-state index in [0.29, 0.717) is 10.8 Å². The van der Waals surface area contributed by atoms with Crippen LogP contribution in [0.2, 0.25) is 5.02 Å². The van der Waals surface area contributed by atoms with E-state index in [1.807, 2.05) is 0 Å². The zero-order chi connectivity index (χ0) is 9.26. The third-order valence-electron chi connectivity index (χ3n) is 1.96. The number of phenols is 1. The van der Waals surface area contributed by atoms with Crippen molar-refractivity contribution in [2.75, 3.05) is 13.1 Å². The van der Waals surface area contributed by atoms with E-state index in [9.17, 15) is 5.11 Å². The average Bonchev–Trinajstić information content (AvgIpc) is 2.03. The van der Waals surface area contributed by atoms with Gasteiger partial charge in [-0.3, -0.25) is 0 Å². The summed E-state index contributed by atoms with van der Waals surface area (Å²) in [7, 11) is 0. The number of aromatic hydroxyl groups is 1. The third kappa shape index (κ3) is 1.87. The first kappa shape index (κ1) is 8.66. The number of phenolic OH excluding ortho intramolecular Hbond substituents is 1. The summed E-state index contributed by atoms with van der Waals surface area (Å²) >= 11 is 5.75. The minimum atomic E-state index is 0.135. The molecule has 1 aromatic rings. The number of benzene rings is 1. The van der Waals surface area contributed by atoms with Crippen molar-refractivity contribution in [3.05, 3.63) is 23.2 Å². The summed E-state index contributed by atoms with van der Waals surface area (Å²) in [5.74, 6) is 0.593. The molecular formula is C9H10ClNO2. The molecule has 1 heterocycles. The predicted octanol–water partition coefficient (Wildman–Crippen LogP) is 1.40. The highest BCUT2D eigenvalue weighted by Gasteiger charge is 2.19. The monoisotopic (exact) mass is 199 g/mol. The van der Waals surface area contributed by atoms with Crippen molar-refractivity contribution in [1.82, 2.24) is 5.32 Å². The van der Waals surface area contributed by atoms with Crippen LogP contribution in [0.5, 0.6) is 11.5 Å². The summed E-state index contributed by atoms with van der Waals surface area (Å²) < 4.78 is 5.46. The van der Waals surface area contributed by atoms with Gasteiger partial charge in [-0.1, -0.05) is 11.6 Å². The summed E-state index contributed by atoms with van der Waals surface area (Å²) in [5, 5.41) is 13.0. The maximum Gasteiger partial charge on any atom is 0.162 e. The van der Waals surface area contributed by atoms with Crippen molar-refractivity contribution in [2.45, 2.75) is 6.10 Å². The Morgan fingerprint density at radius 1 is 1.46 bits per heavy atom. The summed E-state index contributed by atoms with van der Waals surface area (Å²) in [5.41, 5.74) is 0. The molecule has 1 saturated heterocycles. The van der Waals surface area contributed by atoms with Gasteiger partial charge < -0.3 is 15.2 Å². The molecule has 4 heteroatoms. The Balaban J connectivity index is 2.13. The van der Waals surface area contributed by atoms with Gasteiger partial charge in [0, 0.05) is 24.2 Å². The fourth-order valence-electron chi connectivity index (χ4n) is 1.11. The van der Waals surface area contributed by atoms with Gasteiger partial charge in [-0.25, -0.2) is 0 Å². The number of ether oxygens (including phenoxy) is 1. The Morgan fingerprint density at radius 3 is 2.85 bits per heavy atom. The van der Waals surface area contributed by atoms with Crippen LogP contribution in [0.15, 0.2) is 18.2 Å². The molecule has 2 N–H and O–H groups in total. The topological polar surface area (TPSA) is 41.5 Å². The highest BCUT2D eigenvalue weighted by atomic mass is 35.5. The molecule has 0 unspecified atom stereocenters. The Bertz CT molecular complexity index is 312. The van der Waals surface area contributed by atoms with E-state index in [1.54, 1.807) is 12.1 Å². The molecule has 0 aromatic heterocycles. The lowest BCUT2D eigenvalue weighted by atomic mass is 10.2. The molecule has 1 aliphatic heterocycles. The number of hydrogen-bond donors (Lipinski definition) is 2. The average molecular weight is 200 g/mol. The van der Waals surface area contributed by atoms with Gasteiger partial charge in [-0.2, -0.15) is 0 Å². The molecule has 1 aromatic carbocycles. The van der Waals surface area contributed by atoms with Gasteiger partial charge in [0.2, 0.25) is 0 Å². The van der Waals surface area contributed by atoms with Crippen LogP contribution in [-0.2, 0) is 0 Å². The second kappa shape index (κ2) is 3.44. The highest BCUT2D eigenvalue weighted by molar-refractivity contribution is 6.30. The Labute approximate surface area is 81.3 Å². The largest absolute Gasteiger partial charge is 0.504 e. The van der Waals surface area contributed by atoms with E-state index < -0.39 is 0 Å². The van der Waals surface area contributed by atoms with Crippen molar-refractivity contribution >= 4 is 11.6 Å². The van der Waals surface area contributed by atoms with Gasteiger partial charge in [0.15, 0.2) is 11.5 Å². The minimum Gasteiger partial charge on any atom is -0.504 e. The van der Waals surface area contributed by atoms with Crippen LogP contribution >= 0.6 is 11.6 Å². The Morgan fingerprint density at radius 2 is 2.23 bits per heavy atom. The first-order valence-corrected chi connectivity index (χ1v) is 4.49. The molecule has 0 bridgehead atoms. The lowest BCUT2D eigenvalue weighted by Gasteiger charge is -2.28. The van der Waals surface area contributed by atoms with E-state index in [-0.39, 0.29) is 11.9 Å². The van der Waals surface area contributed by atoms with Gasteiger partial charge in [0.1, 0.15) is 6.10 Å². The molecule has 1 aliphatic rings. The number of rotatable bonds is 2. The van der Waals surface area contributed by atoms with Crippen LogP contribution in [0.4, 0.5) is 0 Å². The third-order valence-corrected chi connectivity index (χ3v) is 2.19. The molecule has 13 heavy (non-hydrogen) atoms. The molecule has 0 saturated carbocycles. The van der Waals surface area contributed by atoms with Gasteiger partial charge in [-0.15, -0.1) is 0 Å². The maximum atomic E-state index is 9.40. The van der Waals surface area contributed by atoms with Crippen molar-refractivity contribution in [3.63, 3.8) is 0 Å². The molecule has 1 fully saturated rings. The summed E-state index contributed by atoms with van der Waals surface area (Å²) in [6.45, 7) is 1.65. The summed E-state index contributed by atoms with van der Waals surface area (Å²) in [4.78, 5) is 0.